The summed E-state index contributed by atoms with van der Waals surface area (Å²) in [4.78, 5) is 10.5. The van der Waals surface area contributed by atoms with E-state index >= 15 is 0 Å². The first kappa shape index (κ1) is 14.3. The van der Waals surface area contributed by atoms with Gasteiger partial charge in [0.2, 0.25) is 0 Å². The number of nitro benzene ring substituents is 1. The Morgan fingerprint density at radius 2 is 2.21 bits per heavy atom. The molecule has 0 saturated carbocycles. The lowest BCUT2D eigenvalue weighted by atomic mass is 10.2. The summed E-state index contributed by atoms with van der Waals surface area (Å²) in [5, 5.41) is 11.5. The van der Waals surface area contributed by atoms with E-state index in [-0.39, 0.29) is 22.9 Å². The number of halogens is 1. The smallest absolute Gasteiger partial charge is 0.311 e. The Balaban J connectivity index is 2.23. The first-order valence-corrected chi connectivity index (χ1v) is 8.56. The second kappa shape index (κ2) is 5.46. The SMILES string of the molecule is O=[N+]([O-])c1cc(CBr)ccc1OC1CCS(=O)(=O)C1. The Labute approximate surface area is 119 Å². The van der Waals surface area contributed by atoms with Gasteiger partial charge in [-0.2, -0.15) is 0 Å². The maximum atomic E-state index is 11.3. The number of hydrogen-bond acceptors (Lipinski definition) is 5. The number of hydrogen-bond donors (Lipinski definition) is 0. The monoisotopic (exact) mass is 349 g/mol. The van der Waals surface area contributed by atoms with Gasteiger partial charge in [-0.05, 0) is 18.1 Å². The van der Waals surface area contributed by atoms with Gasteiger partial charge in [0.25, 0.3) is 0 Å². The average molecular weight is 350 g/mol. The zero-order valence-electron chi connectivity index (χ0n) is 9.91. The molecular weight excluding hydrogens is 338 g/mol. The third-order valence-electron chi connectivity index (χ3n) is 2.86. The fourth-order valence-corrected chi connectivity index (χ4v) is 3.86. The molecule has 1 heterocycles. The number of sulfone groups is 1. The van der Waals surface area contributed by atoms with Crippen molar-refractivity contribution in [3.63, 3.8) is 0 Å². The molecule has 1 aliphatic heterocycles. The summed E-state index contributed by atoms with van der Waals surface area (Å²) in [5.74, 6) is 0.117. The molecule has 1 saturated heterocycles. The molecule has 0 aliphatic carbocycles. The molecule has 2 rings (SSSR count). The summed E-state index contributed by atoms with van der Waals surface area (Å²) in [7, 11) is -3.06. The van der Waals surface area contributed by atoms with Gasteiger partial charge in [0.05, 0.1) is 16.4 Å². The van der Waals surface area contributed by atoms with Gasteiger partial charge in [-0.15, -0.1) is 0 Å². The molecule has 0 spiro atoms. The number of rotatable bonds is 4. The second-order valence-corrected chi connectivity index (χ2v) is 7.13. The molecule has 1 fully saturated rings. The van der Waals surface area contributed by atoms with E-state index in [1.54, 1.807) is 6.07 Å². The first-order valence-electron chi connectivity index (χ1n) is 5.61. The lowest BCUT2D eigenvalue weighted by Gasteiger charge is -2.12. The topological polar surface area (TPSA) is 86.5 Å². The van der Waals surface area contributed by atoms with E-state index in [9.17, 15) is 18.5 Å². The first-order chi connectivity index (χ1) is 8.91. The minimum Gasteiger partial charge on any atom is -0.482 e. The normalized spacial score (nSPS) is 21.2. The van der Waals surface area contributed by atoms with Crippen LogP contribution in [0.25, 0.3) is 0 Å². The summed E-state index contributed by atoms with van der Waals surface area (Å²) >= 11 is 3.23. The number of ether oxygens (including phenoxy) is 1. The summed E-state index contributed by atoms with van der Waals surface area (Å²) < 4.78 is 28.1. The van der Waals surface area contributed by atoms with Crippen molar-refractivity contribution in [2.45, 2.75) is 17.9 Å². The molecule has 8 heteroatoms. The van der Waals surface area contributed by atoms with Gasteiger partial charge in [0, 0.05) is 11.4 Å². The summed E-state index contributed by atoms with van der Waals surface area (Å²) in [5.41, 5.74) is 0.624. The van der Waals surface area contributed by atoms with Crippen molar-refractivity contribution in [1.82, 2.24) is 0 Å². The van der Waals surface area contributed by atoms with Crippen molar-refractivity contribution in [2.24, 2.45) is 0 Å². The molecule has 19 heavy (non-hydrogen) atoms. The highest BCUT2D eigenvalue weighted by Crippen LogP contribution is 2.31. The zero-order valence-corrected chi connectivity index (χ0v) is 12.3. The van der Waals surface area contributed by atoms with Gasteiger partial charge in [-0.1, -0.05) is 22.0 Å². The second-order valence-electron chi connectivity index (χ2n) is 4.34. The van der Waals surface area contributed by atoms with Crippen molar-refractivity contribution in [3.05, 3.63) is 33.9 Å². The molecule has 1 aromatic rings. The lowest BCUT2D eigenvalue weighted by Crippen LogP contribution is -2.18. The number of nitrogens with zero attached hydrogens (tertiary/aromatic N) is 1. The van der Waals surface area contributed by atoms with Crippen molar-refractivity contribution >= 4 is 31.5 Å². The van der Waals surface area contributed by atoms with Crippen LogP contribution >= 0.6 is 15.9 Å². The molecular formula is C11H12BrNO5S. The molecule has 1 atom stereocenters. The van der Waals surface area contributed by atoms with Gasteiger partial charge >= 0.3 is 5.69 Å². The van der Waals surface area contributed by atoms with Crippen LogP contribution in [0.2, 0.25) is 0 Å². The highest BCUT2D eigenvalue weighted by Gasteiger charge is 2.31. The van der Waals surface area contributed by atoms with Gasteiger partial charge in [0.1, 0.15) is 6.10 Å². The highest BCUT2D eigenvalue weighted by molar-refractivity contribution is 9.08. The molecule has 0 N–H and O–H groups in total. The Morgan fingerprint density at radius 3 is 2.74 bits per heavy atom. The average Bonchev–Trinajstić information content (AvgIpc) is 2.69. The van der Waals surface area contributed by atoms with Crippen LogP contribution in [0.3, 0.4) is 0 Å². The van der Waals surface area contributed by atoms with Crippen LogP contribution in [0.5, 0.6) is 5.75 Å². The predicted molar refractivity (Wildman–Crippen MR) is 73.4 cm³/mol. The standard InChI is InChI=1S/C11H12BrNO5S/c12-6-8-1-2-11(10(5-8)13(14)15)18-9-3-4-19(16,17)7-9/h1-2,5,9H,3-4,6-7H2. The molecule has 1 unspecified atom stereocenters. The summed E-state index contributed by atoms with van der Waals surface area (Å²) in [6.07, 6.45) is -0.127. The Kier molecular flexibility index (Phi) is 4.10. The van der Waals surface area contributed by atoms with Crippen LogP contribution in [-0.2, 0) is 15.2 Å². The number of nitro groups is 1. The molecule has 1 aromatic carbocycles. The van der Waals surface area contributed by atoms with E-state index in [0.717, 1.165) is 5.56 Å². The van der Waals surface area contributed by atoms with Crippen LogP contribution in [-0.4, -0.2) is 31.0 Å². The van der Waals surface area contributed by atoms with E-state index in [4.69, 9.17) is 4.74 Å². The quantitative estimate of drug-likeness (QED) is 0.471. The van der Waals surface area contributed by atoms with Crippen LogP contribution in [0, 0.1) is 10.1 Å². The molecule has 1 aliphatic rings. The van der Waals surface area contributed by atoms with Crippen molar-refractivity contribution in [1.29, 1.82) is 0 Å². The Morgan fingerprint density at radius 1 is 1.47 bits per heavy atom. The van der Waals surface area contributed by atoms with Crippen molar-refractivity contribution < 1.29 is 18.1 Å². The van der Waals surface area contributed by atoms with Crippen LogP contribution < -0.4 is 4.74 Å². The maximum absolute atomic E-state index is 11.3. The zero-order chi connectivity index (χ0) is 14.0. The van der Waals surface area contributed by atoms with E-state index in [1.807, 2.05) is 0 Å². The van der Waals surface area contributed by atoms with Crippen LogP contribution in [0.4, 0.5) is 5.69 Å². The van der Waals surface area contributed by atoms with Gasteiger partial charge in [0.15, 0.2) is 15.6 Å². The molecule has 0 amide bonds. The number of alkyl halides is 1. The van der Waals surface area contributed by atoms with Gasteiger partial charge in [-0.25, -0.2) is 8.42 Å². The van der Waals surface area contributed by atoms with E-state index < -0.39 is 20.9 Å². The number of benzene rings is 1. The van der Waals surface area contributed by atoms with Crippen molar-refractivity contribution in [3.8, 4) is 5.75 Å². The highest BCUT2D eigenvalue weighted by atomic mass is 79.9. The third kappa shape index (κ3) is 3.44. The molecule has 6 nitrogen and oxygen atoms in total. The summed E-state index contributed by atoms with van der Waals surface area (Å²) in [6, 6.07) is 4.65. The Bertz CT molecular complexity index is 601. The fraction of sp³-hybridized carbons (Fsp3) is 0.455. The molecule has 104 valence electrons. The summed E-state index contributed by atoms with van der Waals surface area (Å²) in [6.45, 7) is 0. The van der Waals surface area contributed by atoms with Gasteiger partial charge in [-0.3, -0.25) is 10.1 Å². The minimum absolute atomic E-state index is 0.0744. The van der Waals surface area contributed by atoms with Crippen molar-refractivity contribution in [2.75, 3.05) is 11.5 Å². The molecule has 0 bridgehead atoms. The third-order valence-corrected chi connectivity index (χ3v) is 5.24. The maximum Gasteiger partial charge on any atom is 0.311 e. The predicted octanol–water partition coefficient (Wildman–Crippen LogP) is 2.06. The van der Waals surface area contributed by atoms with E-state index in [0.29, 0.717) is 11.8 Å². The van der Waals surface area contributed by atoms with Gasteiger partial charge < -0.3 is 4.74 Å². The largest absolute Gasteiger partial charge is 0.482 e. The fourth-order valence-electron chi connectivity index (χ4n) is 1.92. The lowest BCUT2D eigenvalue weighted by molar-refractivity contribution is -0.386. The van der Waals surface area contributed by atoms with E-state index in [1.165, 1.54) is 12.1 Å². The molecule has 0 aromatic heterocycles. The Hall–Kier alpha value is -1.15. The van der Waals surface area contributed by atoms with Crippen LogP contribution in [0.1, 0.15) is 12.0 Å². The molecule has 0 radical (unpaired) electrons. The van der Waals surface area contributed by atoms with E-state index in [2.05, 4.69) is 15.9 Å². The minimum atomic E-state index is -3.06. The van der Waals surface area contributed by atoms with Crippen LogP contribution in [0.15, 0.2) is 18.2 Å².